The van der Waals surface area contributed by atoms with E-state index in [-0.39, 0.29) is 12.5 Å². The summed E-state index contributed by atoms with van der Waals surface area (Å²) < 4.78 is 27.2. The summed E-state index contributed by atoms with van der Waals surface area (Å²) in [4.78, 5) is 12.5. The number of benzene rings is 3. The number of carbonyl (C=O) groups excluding carboxylic acids is 1. The predicted octanol–water partition coefficient (Wildman–Crippen LogP) is 5.34. The number of aromatic nitrogens is 2. The first kappa shape index (κ1) is 23.1. The van der Waals surface area contributed by atoms with Gasteiger partial charge in [-0.1, -0.05) is 23.7 Å². The van der Waals surface area contributed by atoms with E-state index in [1.807, 2.05) is 12.1 Å². The lowest BCUT2D eigenvalue weighted by Gasteiger charge is -2.12. The van der Waals surface area contributed by atoms with Crippen LogP contribution in [0.3, 0.4) is 0 Å². The van der Waals surface area contributed by atoms with Crippen LogP contribution in [0.2, 0.25) is 5.02 Å². The minimum absolute atomic E-state index is 0.168. The second-order valence-corrected chi connectivity index (χ2v) is 7.52. The number of ether oxygens (including phenoxy) is 4. The van der Waals surface area contributed by atoms with E-state index in [0.717, 1.165) is 11.1 Å². The van der Waals surface area contributed by atoms with Crippen LogP contribution in [0.4, 0.5) is 0 Å². The van der Waals surface area contributed by atoms with Crippen molar-refractivity contribution in [2.24, 2.45) is 0 Å². The quantitative estimate of drug-likeness (QED) is 0.296. The van der Waals surface area contributed by atoms with Crippen molar-refractivity contribution in [2.75, 3.05) is 14.2 Å². The van der Waals surface area contributed by atoms with Gasteiger partial charge in [0.1, 0.15) is 12.4 Å². The largest absolute Gasteiger partial charge is 0.497 e. The second-order valence-electron chi connectivity index (χ2n) is 7.09. The average molecular weight is 481 g/mol. The fourth-order valence-corrected chi connectivity index (χ4v) is 3.15. The molecule has 0 aliphatic heterocycles. The van der Waals surface area contributed by atoms with Crippen LogP contribution in [0, 0.1) is 0 Å². The highest BCUT2D eigenvalue weighted by Gasteiger charge is 2.15. The molecule has 4 aromatic rings. The molecule has 1 heterocycles. The highest BCUT2D eigenvalue weighted by atomic mass is 35.5. The summed E-state index contributed by atoms with van der Waals surface area (Å²) in [5, 5.41) is 8.57. The normalized spacial score (nSPS) is 10.6. The number of esters is 1. The predicted molar refractivity (Wildman–Crippen MR) is 124 cm³/mol. The molecule has 9 heteroatoms. The van der Waals surface area contributed by atoms with Gasteiger partial charge in [0, 0.05) is 10.6 Å². The number of carbonyl (C=O) groups is 1. The van der Waals surface area contributed by atoms with Crippen molar-refractivity contribution in [3.8, 4) is 28.7 Å². The van der Waals surface area contributed by atoms with Gasteiger partial charge in [0.25, 0.3) is 5.89 Å². The molecule has 34 heavy (non-hydrogen) atoms. The number of nitrogens with zero attached hydrogens (tertiary/aromatic N) is 2. The smallest absolute Gasteiger partial charge is 0.338 e. The molecule has 0 spiro atoms. The molecule has 1 aromatic heterocycles. The minimum Gasteiger partial charge on any atom is -0.497 e. The lowest BCUT2D eigenvalue weighted by atomic mass is 10.2. The van der Waals surface area contributed by atoms with Crippen molar-refractivity contribution in [2.45, 2.75) is 13.2 Å². The van der Waals surface area contributed by atoms with Gasteiger partial charge in [-0.25, -0.2) is 4.79 Å². The molecule has 0 atom stereocenters. The van der Waals surface area contributed by atoms with E-state index < -0.39 is 5.97 Å². The highest BCUT2D eigenvalue weighted by Crippen LogP contribution is 2.29. The topological polar surface area (TPSA) is 92.9 Å². The van der Waals surface area contributed by atoms with Crippen LogP contribution in [0.1, 0.15) is 21.8 Å². The Balaban J connectivity index is 1.36. The summed E-state index contributed by atoms with van der Waals surface area (Å²) in [5.74, 6) is 1.55. The Bertz CT molecular complexity index is 1260. The number of rotatable bonds is 9. The lowest BCUT2D eigenvalue weighted by Crippen LogP contribution is -2.06. The Kier molecular flexibility index (Phi) is 7.29. The number of hydrogen-bond donors (Lipinski definition) is 0. The van der Waals surface area contributed by atoms with Gasteiger partial charge < -0.3 is 23.4 Å². The summed E-state index contributed by atoms with van der Waals surface area (Å²) in [5.41, 5.74) is 1.97. The molecule has 0 fully saturated rings. The van der Waals surface area contributed by atoms with E-state index in [0.29, 0.717) is 40.3 Å². The van der Waals surface area contributed by atoms with Crippen LogP contribution in [0.15, 0.2) is 71.1 Å². The van der Waals surface area contributed by atoms with Gasteiger partial charge in [-0.2, -0.15) is 0 Å². The number of hydrogen-bond acceptors (Lipinski definition) is 8. The molecular weight excluding hydrogens is 460 g/mol. The first-order valence-corrected chi connectivity index (χ1v) is 10.6. The van der Waals surface area contributed by atoms with Gasteiger partial charge in [-0.3, -0.25) is 0 Å². The second kappa shape index (κ2) is 10.7. The molecule has 0 unspecified atom stereocenters. The first-order chi connectivity index (χ1) is 16.6. The maximum atomic E-state index is 12.5. The van der Waals surface area contributed by atoms with Crippen molar-refractivity contribution < 1.29 is 28.2 Å². The van der Waals surface area contributed by atoms with Gasteiger partial charge in [0.05, 0.1) is 19.8 Å². The minimum atomic E-state index is -0.563. The van der Waals surface area contributed by atoms with Crippen molar-refractivity contribution in [1.82, 2.24) is 10.2 Å². The third-order valence-corrected chi connectivity index (χ3v) is 5.09. The van der Waals surface area contributed by atoms with Gasteiger partial charge in [-0.05, 0) is 60.2 Å². The van der Waals surface area contributed by atoms with E-state index in [4.69, 9.17) is 35.0 Å². The monoisotopic (exact) mass is 480 g/mol. The van der Waals surface area contributed by atoms with E-state index in [2.05, 4.69) is 10.2 Å². The molecule has 0 saturated carbocycles. The Morgan fingerprint density at radius 3 is 2.35 bits per heavy atom. The molecule has 0 N–H and O–H groups in total. The maximum absolute atomic E-state index is 12.5. The fourth-order valence-electron chi connectivity index (χ4n) is 3.03. The summed E-state index contributed by atoms with van der Waals surface area (Å²) in [6.07, 6.45) is 0. The van der Waals surface area contributed by atoms with Crippen LogP contribution < -0.4 is 14.2 Å². The van der Waals surface area contributed by atoms with Crippen molar-refractivity contribution in [3.05, 3.63) is 88.8 Å². The molecule has 0 bridgehead atoms. The van der Waals surface area contributed by atoms with Gasteiger partial charge in [-0.15, -0.1) is 10.2 Å². The van der Waals surface area contributed by atoms with Gasteiger partial charge >= 0.3 is 5.97 Å². The molecule has 0 amide bonds. The van der Waals surface area contributed by atoms with E-state index in [9.17, 15) is 4.79 Å². The fraction of sp³-hybridized carbons (Fsp3) is 0.160. The van der Waals surface area contributed by atoms with Gasteiger partial charge in [0.15, 0.2) is 18.1 Å². The molecule has 0 aliphatic carbocycles. The zero-order chi connectivity index (χ0) is 23.9. The van der Waals surface area contributed by atoms with Crippen LogP contribution in [0.5, 0.6) is 17.2 Å². The van der Waals surface area contributed by atoms with Crippen molar-refractivity contribution >= 4 is 17.6 Å². The molecule has 4 rings (SSSR count). The zero-order valence-electron chi connectivity index (χ0n) is 18.5. The third kappa shape index (κ3) is 5.65. The third-order valence-electron chi connectivity index (χ3n) is 4.84. The Labute approximate surface area is 201 Å². The summed E-state index contributed by atoms with van der Waals surface area (Å²) >= 11 is 5.91. The maximum Gasteiger partial charge on any atom is 0.338 e. The lowest BCUT2D eigenvalue weighted by molar-refractivity contribution is 0.0438. The van der Waals surface area contributed by atoms with Crippen LogP contribution in [-0.2, 0) is 18.0 Å². The summed E-state index contributed by atoms with van der Waals surface area (Å²) in [6, 6.07) is 19.3. The number of methoxy groups -OCH3 is 2. The molecule has 3 aromatic carbocycles. The molecule has 8 nitrogen and oxygen atoms in total. The molecule has 174 valence electrons. The Morgan fingerprint density at radius 2 is 1.65 bits per heavy atom. The first-order valence-electron chi connectivity index (χ1n) is 10.2. The molecule has 0 saturated heterocycles. The van der Waals surface area contributed by atoms with Crippen LogP contribution in [0.25, 0.3) is 11.5 Å². The van der Waals surface area contributed by atoms with Gasteiger partial charge in [0.2, 0.25) is 5.89 Å². The zero-order valence-corrected chi connectivity index (χ0v) is 19.2. The summed E-state index contributed by atoms with van der Waals surface area (Å²) in [7, 11) is 3.09. The Morgan fingerprint density at radius 1 is 0.882 bits per heavy atom. The van der Waals surface area contributed by atoms with E-state index >= 15 is 0 Å². The highest BCUT2D eigenvalue weighted by molar-refractivity contribution is 6.30. The SMILES string of the molecule is COc1ccc(-c2nnc(COC(=O)c3ccc(OCc4ccc(Cl)cc4)c(OC)c3)o2)cc1. The average Bonchev–Trinajstić information content (AvgIpc) is 3.36. The van der Waals surface area contributed by atoms with Crippen molar-refractivity contribution in [3.63, 3.8) is 0 Å². The van der Waals surface area contributed by atoms with Crippen LogP contribution >= 0.6 is 11.6 Å². The molecule has 0 aliphatic rings. The number of halogens is 1. The Hall–Kier alpha value is -4.04. The van der Waals surface area contributed by atoms with E-state index in [1.165, 1.54) is 7.11 Å². The molecule has 0 radical (unpaired) electrons. The van der Waals surface area contributed by atoms with Crippen molar-refractivity contribution in [1.29, 1.82) is 0 Å². The van der Waals surface area contributed by atoms with Crippen LogP contribution in [-0.4, -0.2) is 30.4 Å². The summed E-state index contributed by atoms with van der Waals surface area (Å²) in [6.45, 7) is 0.157. The standard InChI is InChI=1S/C25H21ClN2O6/c1-30-20-10-5-17(6-11-20)24-28-27-23(34-24)15-33-25(29)18-7-12-21(22(13-18)31-2)32-14-16-3-8-19(26)9-4-16/h3-13H,14-15H2,1-2H3. The molecular formula is C25H21ClN2O6. The van der Waals surface area contributed by atoms with E-state index in [1.54, 1.807) is 61.7 Å².